The van der Waals surface area contributed by atoms with E-state index in [9.17, 15) is 5.26 Å². The first-order valence-electron chi connectivity index (χ1n) is 7.20. The largest absolute Gasteiger partial charge is 0.381 e. The van der Waals surface area contributed by atoms with Crippen LogP contribution in [0.2, 0.25) is 0 Å². The first-order valence-corrected chi connectivity index (χ1v) is 7.20. The molecule has 0 radical (unpaired) electrons. The van der Waals surface area contributed by atoms with Gasteiger partial charge in [0.1, 0.15) is 6.07 Å². The van der Waals surface area contributed by atoms with Crippen molar-refractivity contribution in [2.75, 3.05) is 5.32 Å². The molecule has 104 valence electrons. The van der Waals surface area contributed by atoms with Gasteiger partial charge in [-0.1, -0.05) is 38.5 Å². The molecular weight excluding hydrogens is 246 g/mol. The molecule has 0 bridgehead atoms. The van der Waals surface area contributed by atoms with E-state index in [0.717, 1.165) is 23.0 Å². The highest BCUT2D eigenvalue weighted by molar-refractivity contribution is 5.93. The van der Waals surface area contributed by atoms with Crippen molar-refractivity contribution in [2.24, 2.45) is 5.92 Å². The van der Waals surface area contributed by atoms with Crippen molar-refractivity contribution < 1.29 is 0 Å². The third-order valence-corrected chi connectivity index (χ3v) is 3.74. The number of fused-ring (bicyclic) bond motifs is 1. The van der Waals surface area contributed by atoms with Gasteiger partial charge in [0.05, 0.1) is 16.8 Å². The van der Waals surface area contributed by atoms with Crippen molar-refractivity contribution in [1.29, 1.82) is 5.26 Å². The number of aromatic nitrogens is 1. The van der Waals surface area contributed by atoms with Crippen molar-refractivity contribution in [1.82, 2.24) is 4.98 Å². The molecule has 1 heterocycles. The van der Waals surface area contributed by atoms with E-state index in [1.807, 2.05) is 24.3 Å². The van der Waals surface area contributed by atoms with Crippen LogP contribution in [0, 0.1) is 17.2 Å². The number of rotatable bonds is 5. The Hall–Kier alpha value is -2.08. The summed E-state index contributed by atoms with van der Waals surface area (Å²) >= 11 is 0. The Balaban J connectivity index is 2.34. The predicted molar refractivity (Wildman–Crippen MR) is 83.6 cm³/mol. The Bertz CT molecular complexity index is 628. The normalized spacial score (nSPS) is 13.7. The highest BCUT2D eigenvalue weighted by atomic mass is 14.9. The minimum absolute atomic E-state index is 0.336. The molecule has 0 saturated carbocycles. The van der Waals surface area contributed by atoms with Gasteiger partial charge in [-0.15, -0.1) is 0 Å². The first-order chi connectivity index (χ1) is 9.65. The van der Waals surface area contributed by atoms with Crippen LogP contribution >= 0.6 is 0 Å². The summed E-state index contributed by atoms with van der Waals surface area (Å²) in [5.74, 6) is 0.677. The lowest BCUT2D eigenvalue weighted by Crippen LogP contribution is -2.19. The van der Waals surface area contributed by atoms with E-state index in [4.69, 9.17) is 0 Å². The molecule has 2 unspecified atom stereocenters. The summed E-state index contributed by atoms with van der Waals surface area (Å²) < 4.78 is 0. The zero-order chi connectivity index (χ0) is 14.5. The summed E-state index contributed by atoms with van der Waals surface area (Å²) in [6.45, 7) is 6.64. The molecule has 0 aliphatic heterocycles. The van der Waals surface area contributed by atoms with Crippen LogP contribution < -0.4 is 5.32 Å². The summed E-state index contributed by atoms with van der Waals surface area (Å²) in [5.41, 5.74) is 2.44. The summed E-state index contributed by atoms with van der Waals surface area (Å²) in [6.07, 6.45) is 3.92. The van der Waals surface area contributed by atoms with E-state index < -0.39 is 0 Å². The SMILES string of the molecule is CCC(C)CC(C)Nc1c(C#N)cnc2ccccc12. The minimum Gasteiger partial charge on any atom is -0.381 e. The zero-order valence-corrected chi connectivity index (χ0v) is 12.4. The molecule has 1 aromatic heterocycles. The van der Waals surface area contributed by atoms with Gasteiger partial charge in [-0.2, -0.15) is 5.26 Å². The van der Waals surface area contributed by atoms with Crippen LogP contribution in [0.1, 0.15) is 39.2 Å². The second kappa shape index (κ2) is 6.38. The molecule has 20 heavy (non-hydrogen) atoms. The molecule has 2 rings (SSSR count). The Kier molecular flexibility index (Phi) is 4.57. The third-order valence-electron chi connectivity index (χ3n) is 3.74. The summed E-state index contributed by atoms with van der Waals surface area (Å²) in [5, 5.41) is 13.8. The highest BCUT2D eigenvalue weighted by Gasteiger charge is 2.12. The minimum atomic E-state index is 0.336. The third kappa shape index (κ3) is 3.08. The topological polar surface area (TPSA) is 48.7 Å². The second-order valence-corrected chi connectivity index (χ2v) is 5.47. The molecule has 0 fully saturated rings. The fourth-order valence-corrected chi connectivity index (χ4v) is 2.46. The zero-order valence-electron chi connectivity index (χ0n) is 12.4. The lowest BCUT2D eigenvalue weighted by atomic mass is 9.99. The number of nitrogens with zero attached hydrogens (tertiary/aromatic N) is 2. The molecule has 2 aromatic rings. The Labute approximate surface area is 120 Å². The number of hydrogen-bond donors (Lipinski definition) is 1. The first kappa shape index (κ1) is 14.3. The maximum absolute atomic E-state index is 9.29. The van der Waals surface area contributed by atoms with Gasteiger partial charge in [0.2, 0.25) is 0 Å². The molecule has 0 aliphatic rings. The quantitative estimate of drug-likeness (QED) is 0.876. The molecule has 1 aromatic carbocycles. The molecule has 1 N–H and O–H groups in total. The van der Waals surface area contributed by atoms with Crippen molar-refractivity contribution in [3.8, 4) is 6.07 Å². The van der Waals surface area contributed by atoms with E-state index >= 15 is 0 Å². The number of hydrogen-bond acceptors (Lipinski definition) is 3. The maximum atomic E-state index is 9.29. The standard InChI is InChI=1S/C17H21N3/c1-4-12(2)9-13(3)20-17-14(10-18)11-19-16-8-6-5-7-15(16)17/h5-8,11-13H,4,9H2,1-3H3,(H,19,20). The van der Waals surface area contributed by atoms with Crippen LogP contribution in [0.25, 0.3) is 10.9 Å². The number of pyridine rings is 1. The van der Waals surface area contributed by atoms with Gasteiger partial charge in [0.15, 0.2) is 0 Å². The predicted octanol–water partition coefficient (Wildman–Crippen LogP) is 4.34. The van der Waals surface area contributed by atoms with Crippen molar-refractivity contribution in [3.63, 3.8) is 0 Å². The van der Waals surface area contributed by atoms with Crippen LogP contribution in [-0.2, 0) is 0 Å². The van der Waals surface area contributed by atoms with E-state index in [2.05, 4.69) is 37.1 Å². The molecule has 2 atom stereocenters. The van der Waals surface area contributed by atoms with E-state index in [1.54, 1.807) is 6.20 Å². The van der Waals surface area contributed by atoms with Gasteiger partial charge >= 0.3 is 0 Å². The number of nitrogens with one attached hydrogen (secondary N) is 1. The van der Waals surface area contributed by atoms with Gasteiger partial charge < -0.3 is 5.32 Å². The molecule has 0 spiro atoms. The molecule has 3 nitrogen and oxygen atoms in total. The van der Waals surface area contributed by atoms with Crippen molar-refractivity contribution >= 4 is 16.6 Å². The molecule has 0 amide bonds. The molecule has 0 saturated heterocycles. The summed E-state index contributed by atoms with van der Waals surface area (Å²) in [4.78, 5) is 4.33. The number of anilines is 1. The average molecular weight is 267 g/mol. The lowest BCUT2D eigenvalue weighted by molar-refractivity contribution is 0.484. The number of para-hydroxylation sites is 1. The van der Waals surface area contributed by atoms with Crippen LogP contribution in [0.15, 0.2) is 30.5 Å². The number of benzene rings is 1. The fraction of sp³-hybridized carbons (Fsp3) is 0.412. The van der Waals surface area contributed by atoms with Crippen LogP contribution in [-0.4, -0.2) is 11.0 Å². The van der Waals surface area contributed by atoms with Gasteiger partial charge in [-0.25, -0.2) is 0 Å². The van der Waals surface area contributed by atoms with E-state index in [-0.39, 0.29) is 0 Å². The van der Waals surface area contributed by atoms with E-state index in [0.29, 0.717) is 17.5 Å². The lowest BCUT2D eigenvalue weighted by Gasteiger charge is -2.20. The molecule has 3 heteroatoms. The average Bonchev–Trinajstić information content (AvgIpc) is 2.47. The molecule has 0 aliphatic carbocycles. The monoisotopic (exact) mass is 267 g/mol. The van der Waals surface area contributed by atoms with Gasteiger partial charge in [-0.3, -0.25) is 4.98 Å². The van der Waals surface area contributed by atoms with Crippen LogP contribution in [0.5, 0.6) is 0 Å². The van der Waals surface area contributed by atoms with Gasteiger partial charge in [-0.05, 0) is 25.3 Å². The van der Waals surface area contributed by atoms with Crippen LogP contribution in [0.3, 0.4) is 0 Å². The van der Waals surface area contributed by atoms with E-state index in [1.165, 1.54) is 6.42 Å². The summed E-state index contributed by atoms with van der Waals surface area (Å²) in [6, 6.07) is 10.5. The Morgan fingerprint density at radius 3 is 2.75 bits per heavy atom. The highest BCUT2D eigenvalue weighted by Crippen LogP contribution is 2.27. The Morgan fingerprint density at radius 2 is 2.05 bits per heavy atom. The Morgan fingerprint density at radius 1 is 1.30 bits per heavy atom. The second-order valence-electron chi connectivity index (χ2n) is 5.47. The van der Waals surface area contributed by atoms with Gasteiger partial charge in [0, 0.05) is 17.6 Å². The fourth-order valence-electron chi connectivity index (χ4n) is 2.46. The van der Waals surface area contributed by atoms with Crippen molar-refractivity contribution in [3.05, 3.63) is 36.0 Å². The number of nitriles is 1. The summed E-state index contributed by atoms with van der Waals surface area (Å²) in [7, 11) is 0. The van der Waals surface area contributed by atoms with Crippen LogP contribution in [0.4, 0.5) is 5.69 Å². The van der Waals surface area contributed by atoms with Crippen molar-refractivity contribution in [2.45, 2.75) is 39.7 Å². The molecular formula is C17H21N3. The smallest absolute Gasteiger partial charge is 0.103 e. The maximum Gasteiger partial charge on any atom is 0.103 e. The van der Waals surface area contributed by atoms with Gasteiger partial charge in [0.25, 0.3) is 0 Å².